The van der Waals surface area contributed by atoms with Gasteiger partial charge in [0.05, 0.1) is 53.1 Å². The third-order valence-electron chi connectivity index (χ3n) is 9.85. The molecule has 6 rings (SSSR count). The van der Waals surface area contributed by atoms with Gasteiger partial charge >= 0.3 is 12.2 Å². The molecule has 0 saturated carbocycles. The number of alkyl halides is 3. The lowest BCUT2D eigenvalue weighted by atomic mass is 9.92. The van der Waals surface area contributed by atoms with Gasteiger partial charge in [-0.1, -0.05) is 11.6 Å². The Kier molecular flexibility index (Phi) is 10.0. The van der Waals surface area contributed by atoms with Gasteiger partial charge in [-0.15, -0.1) is 0 Å². The summed E-state index contributed by atoms with van der Waals surface area (Å²) in [6.07, 6.45) is -2.06. The minimum atomic E-state index is -4.63. The lowest BCUT2D eigenvalue weighted by Gasteiger charge is -2.33. The number of fused-ring (bicyclic) bond motifs is 2. The van der Waals surface area contributed by atoms with Gasteiger partial charge in [0.15, 0.2) is 0 Å². The average Bonchev–Trinajstić information content (AvgIpc) is 3.51. The molecule has 4 aliphatic rings. The van der Waals surface area contributed by atoms with Crippen molar-refractivity contribution in [3.05, 3.63) is 62.7 Å². The Labute approximate surface area is 292 Å². The average molecular weight is 721 g/mol. The molecule has 2 fully saturated rings. The monoisotopic (exact) mass is 720 g/mol. The van der Waals surface area contributed by atoms with Crippen LogP contribution in [0.5, 0.6) is 6.01 Å². The number of ether oxygens (including phenoxy) is 2. The third kappa shape index (κ3) is 6.99. The van der Waals surface area contributed by atoms with E-state index in [1.165, 1.54) is 24.0 Å². The Hall–Kier alpha value is -3.95. The Morgan fingerprint density at radius 3 is 2.72 bits per heavy atom. The molecular formula is C34H41ClF4N8O3. The summed E-state index contributed by atoms with van der Waals surface area (Å²) in [5.74, 6) is -0.00701. The summed E-state index contributed by atoms with van der Waals surface area (Å²) < 4.78 is 69.0. The molecule has 2 atom stereocenters. The molecule has 1 aromatic heterocycles. The highest BCUT2D eigenvalue weighted by atomic mass is 35.5. The number of amides is 1. The fourth-order valence-electron chi connectivity index (χ4n) is 7.49. The number of likely N-dealkylation sites (N-methyl/N-ethyl adjacent to an activating group) is 1. The normalized spacial score (nSPS) is 24.0. The van der Waals surface area contributed by atoms with Crippen molar-refractivity contribution in [2.24, 2.45) is 10.7 Å². The van der Waals surface area contributed by atoms with Crippen molar-refractivity contribution in [2.45, 2.75) is 63.5 Å². The molecule has 0 unspecified atom stereocenters. The van der Waals surface area contributed by atoms with Crippen molar-refractivity contribution in [3.8, 4) is 6.01 Å². The highest BCUT2D eigenvalue weighted by Crippen LogP contribution is 2.44. The van der Waals surface area contributed by atoms with E-state index in [1.54, 1.807) is 14.1 Å². The van der Waals surface area contributed by atoms with Gasteiger partial charge in [0.25, 0.3) is 5.91 Å². The second-order valence-corrected chi connectivity index (χ2v) is 13.9. The van der Waals surface area contributed by atoms with E-state index in [0.717, 1.165) is 19.4 Å². The van der Waals surface area contributed by atoms with Crippen LogP contribution < -0.4 is 21.1 Å². The minimum Gasteiger partial charge on any atom is -0.461 e. The lowest BCUT2D eigenvalue weighted by Crippen LogP contribution is -2.43. The number of aryl methyl sites for hydroxylation is 1. The standard InChI is InChI=1S/C34H41ClF4N8O3/c1-19-10-21(40)11-22(27(19)34(37,38)39)26-12-24-23(17-49-26)30(46-8-5-7-42-25(16-46)28(35)29(41)31(48)45(2)3)44-32(43-24)50-18-33-6-4-9-47(33)15-20(13-33)14-36/h10-11,14,26H,4-9,12-13,15-18,40-41H2,1-3H3/b20-14-,29-28+/t26-,33-/m0/s1. The maximum Gasteiger partial charge on any atom is 0.417 e. The maximum atomic E-state index is 14.3. The van der Waals surface area contributed by atoms with Crippen LogP contribution >= 0.6 is 11.6 Å². The summed E-state index contributed by atoms with van der Waals surface area (Å²) in [6.45, 7) is 3.89. The Morgan fingerprint density at radius 1 is 1.22 bits per heavy atom. The molecule has 5 heterocycles. The number of benzene rings is 1. The van der Waals surface area contributed by atoms with E-state index in [0.29, 0.717) is 67.2 Å². The largest absolute Gasteiger partial charge is 0.461 e. The van der Waals surface area contributed by atoms with Gasteiger partial charge in [0, 0.05) is 51.4 Å². The molecule has 0 bridgehead atoms. The summed E-state index contributed by atoms with van der Waals surface area (Å²) in [4.78, 5) is 32.2. The number of hydrogen-bond donors (Lipinski definition) is 2. The number of carbonyl (C=O) groups excluding carboxylic acids is 1. The van der Waals surface area contributed by atoms with E-state index < -0.39 is 29.3 Å². The van der Waals surface area contributed by atoms with Crippen LogP contribution in [-0.4, -0.2) is 90.4 Å². The van der Waals surface area contributed by atoms with E-state index in [9.17, 15) is 22.4 Å². The number of hydrogen-bond acceptors (Lipinski definition) is 10. The van der Waals surface area contributed by atoms with Crippen LogP contribution in [0.4, 0.5) is 29.1 Å². The zero-order valence-corrected chi connectivity index (χ0v) is 29.0. The van der Waals surface area contributed by atoms with Gasteiger partial charge < -0.3 is 30.7 Å². The highest BCUT2D eigenvalue weighted by molar-refractivity contribution is 6.45. The molecule has 2 saturated heterocycles. The summed E-state index contributed by atoms with van der Waals surface area (Å²) in [6, 6.07) is 2.65. The molecule has 16 heteroatoms. The number of rotatable bonds is 7. The van der Waals surface area contributed by atoms with E-state index >= 15 is 0 Å². The predicted octanol–water partition coefficient (Wildman–Crippen LogP) is 4.82. The molecule has 0 spiro atoms. The van der Waals surface area contributed by atoms with Gasteiger partial charge in [0.1, 0.15) is 18.1 Å². The number of aliphatic imine (C=N–C) groups is 1. The molecule has 0 aliphatic carbocycles. The zero-order valence-electron chi connectivity index (χ0n) is 28.2. The van der Waals surface area contributed by atoms with Crippen molar-refractivity contribution < 1.29 is 31.8 Å². The minimum absolute atomic E-state index is 0.00107. The van der Waals surface area contributed by atoms with E-state index in [4.69, 9.17) is 42.5 Å². The number of anilines is 2. The van der Waals surface area contributed by atoms with Gasteiger partial charge in [-0.25, -0.2) is 4.39 Å². The van der Waals surface area contributed by atoms with Gasteiger partial charge in [-0.2, -0.15) is 23.1 Å². The van der Waals surface area contributed by atoms with Crippen molar-refractivity contribution in [1.29, 1.82) is 0 Å². The first kappa shape index (κ1) is 35.9. The number of halogens is 5. The molecule has 1 aromatic carbocycles. The number of nitrogens with zero attached hydrogens (tertiary/aromatic N) is 6. The second kappa shape index (κ2) is 14.0. The van der Waals surface area contributed by atoms with E-state index in [2.05, 4.69) is 9.89 Å². The van der Waals surface area contributed by atoms with Crippen LogP contribution in [0, 0.1) is 6.92 Å². The molecule has 4 aliphatic heterocycles. The topological polar surface area (TPSA) is 135 Å². The first-order valence-electron chi connectivity index (χ1n) is 16.5. The number of nitrogen functional groups attached to an aromatic ring is 1. The quantitative estimate of drug-likeness (QED) is 0.235. The molecule has 1 amide bonds. The summed E-state index contributed by atoms with van der Waals surface area (Å²) in [5.41, 5.74) is 13.1. The van der Waals surface area contributed by atoms with Crippen LogP contribution in [0.1, 0.15) is 59.7 Å². The molecular weight excluding hydrogens is 680 g/mol. The fraction of sp³-hybridized carbons (Fsp3) is 0.529. The molecule has 2 aromatic rings. The van der Waals surface area contributed by atoms with Crippen LogP contribution in [-0.2, 0) is 28.7 Å². The molecule has 4 N–H and O–H groups in total. The first-order chi connectivity index (χ1) is 23.7. The molecule has 0 radical (unpaired) electrons. The third-order valence-corrected chi connectivity index (χ3v) is 10.3. The Morgan fingerprint density at radius 2 is 2.00 bits per heavy atom. The number of nitrogens with two attached hydrogens (primary N) is 2. The zero-order chi connectivity index (χ0) is 36.0. The summed E-state index contributed by atoms with van der Waals surface area (Å²) in [7, 11) is 3.13. The van der Waals surface area contributed by atoms with Crippen molar-refractivity contribution in [3.63, 3.8) is 0 Å². The second-order valence-electron chi connectivity index (χ2n) is 13.6. The van der Waals surface area contributed by atoms with Gasteiger partial charge in [-0.3, -0.25) is 14.7 Å². The van der Waals surface area contributed by atoms with Crippen LogP contribution in [0.3, 0.4) is 0 Å². The fourth-order valence-corrected chi connectivity index (χ4v) is 7.69. The van der Waals surface area contributed by atoms with Crippen LogP contribution in [0.2, 0.25) is 0 Å². The van der Waals surface area contributed by atoms with E-state index in [-0.39, 0.29) is 59.7 Å². The predicted molar refractivity (Wildman–Crippen MR) is 182 cm³/mol. The smallest absolute Gasteiger partial charge is 0.417 e. The van der Waals surface area contributed by atoms with Crippen molar-refractivity contribution in [1.82, 2.24) is 19.8 Å². The highest BCUT2D eigenvalue weighted by Gasteiger charge is 2.47. The number of aromatic nitrogens is 2. The molecule has 11 nitrogen and oxygen atoms in total. The SMILES string of the molecule is Cc1cc(N)cc([C@@H]2Cc3nc(OC[C@@]45CCCN4C/C(=C\F)C5)nc(N4CCCN=C(/C(Cl)=C(\N)C(=O)N(C)C)C4)c3CO2)c1C(F)(F)F. The summed E-state index contributed by atoms with van der Waals surface area (Å²) in [5, 5.41) is 0.0291. The van der Waals surface area contributed by atoms with Gasteiger partial charge in [-0.05, 0) is 68.0 Å². The molecule has 50 heavy (non-hydrogen) atoms. The maximum absolute atomic E-state index is 14.3. The lowest BCUT2D eigenvalue weighted by molar-refractivity contribution is -0.140. The summed E-state index contributed by atoms with van der Waals surface area (Å²) >= 11 is 6.64. The van der Waals surface area contributed by atoms with Crippen molar-refractivity contribution in [2.75, 3.05) is 64.1 Å². The van der Waals surface area contributed by atoms with Crippen LogP contribution in [0.25, 0.3) is 0 Å². The van der Waals surface area contributed by atoms with Gasteiger partial charge in [0.2, 0.25) is 0 Å². The van der Waals surface area contributed by atoms with E-state index in [1.807, 2.05) is 4.90 Å². The number of carbonyl (C=O) groups is 1. The Balaban J connectivity index is 1.38. The van der Waals surface area contributed by atoms with Crippen molar-refractivity contribution >= 4 is 34.7 Å². The Bertz CT molecular complexity index is 1760. The van der Waals surface area contributed by atoms with Crippen LogP contribution in [0.15, 0.2) is 39.8 Å². The molecule has 270 valence electrons. The first-order valence-corrected chi connectivity index (χ1v) is 16.9.